The van der Waals surface area contributed by atoms with Crippen LogP contribution in [0.15, 0.2) is 33.1 Å². The van der Waals surface area contributed by atoms with Gasteiger partial charge in [0.25, 0.3) is 0 Å². The number of hydrogen-bond acceptors (Lipinski definition) is 4. The summed E-state index contributed by atoms with van der Waals surface area (Å²) in [6.45, 7) is 2.17. The molecule has 0 radical (unpaired) electrons. The SMILES string of the molecule is CCCCSc1cccc(SC)c1/C(N)=N/O. The lowest BCUT2D eigenvalue weighted by molar-refractivity contribution is 0.318. The molecular formula is C12H18N2OS2. The monoisotopic (exact) mass is 270 g/mol. The summed E-state index contributed by atoms with van der Waals surface area (Å²) in [6, 6.07) is 6.02. The number of thioether (sulfide) groups is 2. The highest BCUT2D eigenvalue weighted by Crippen LogP contribution is 2.30. The topological polar surface area (TPSA) is 58.6 Å². The number of rotatable bonds is 6. The molecule has 0 spiro atoms. The second-order valence-corrected chi connectivity index (χ2v) is 5.51. The Labute approximate surface area is 111 Å². The van der Waals surface area contributed by atoms with Crippen LogP contribution < -0.4 is 5.73 Å². The van der Waals surface area contributed by atoms with Gasteiger partial charge in [0.05, 0.1) is 0 Å². The molecule has 0 aliphatic heterocycles. The number of nitrogens with two attached hydrogens (primary N) is 1. The second kappa shape index (κ2) is 7.50. The van der Waals surface area contributed by atoms with Crippen LogP contribution in [0.3, 0.4) is 0 Å². The van der Waals surface area contributed by atoms with E-state index < -0.39 is 0 Å². The molecule has 0 aliphatic rings. The maximum Gasteiger partial charge on any atom is 0.172 e. The molecule has 5 heteroatoms. The van der Waals surface area contributed by atoms with Crippen LogP contribution >= 0.6 is 23.5 Å². The molecule has 1 aromatic carbocycles. The first-order valence-electron chi connectivity index (χ1n) is 5.52. The quantitative estimate of drug-likeness (QED) is 0.208. The van der Waals surface area contributed by atoms with E-state index in [4.69, 9.17) is 10.9 Å². The average Bonchev–Trinajstić information content (AvgIpc) is 2.37. The molecule has 1 rings (SSSR count). The molecule has 0 aromatic heterocycles. The normalized spacial score (nSPS) is 11.8. The van der Waals surface area contributed by atoms with Crippen molar-refractivity contribution in [2.45, 2.75) is 29.6 Å². The highest BCUT2D eigenvalue weighted by Gasteiger charge is 2.12. The van der Waals surface area contributed by atoms with Gasteiger partial charge in [-0.3, -0.25) is 0 Å². The summed E-state index contributed by atoms with van der Waals surface area (Å²) in [4.78, 5) is 2.13. The summed E-state index contributed by atoms with van der Waals surface area (Å²) in [5.74, 6) is 1.24. The number of oxime groups is 1. The molecule has 1 aromatic rings. The van der Waals surface area contributed by atoms with Crippen molar-refractivity contribution in [3.63, 3.8) is 0 Å². The minimum absolute atomic E-state index is 0.189. The fourth-order valence-electron chi connectivity index (χ4n) is 1.43. The van der Waals surface area contributed by atoms with E-state index in [9.17, 15) is 0 Å². The smallest absolute Gasteiger partial charge is 0.172 e. The Morgan fingerprint density at radius 3 is 2.71 bits per heavy atom. The summed E-state index contributed by atoms with van der Waals surface area (Å²) in [5, 5.41) is 12.0. The predicted molar refractivity (Wildman–Crippen MR) is 76.4 cm³/mol. The van der Waals surface area contributed by atoms with Gasteiger partial charge >= 0.3 is 0 Å². The zero-order valence-corrected chi connectivity index (χ0v) is 11.8. The Morgan fingerprint density at radius 2 is 2.12 bits per heavy atom. The van der Waals surface area contributed by atoms with Crippen molar-refractivity contribution in [1.82, 2.24) is 0 Å². The number of nitrogens with zero attached hydrogens (tertiary/aromatic N) is 1. The molecule has 0 atom stereocenters. The lowest BCUT2D eigenvalue weighted by Crippen LogP contribution is -2.15. The van der Waals surface area contributed by atoms with E-state index in [1.54, 1.807) is 23.5 Å². The van der Waals surface area contributed by atoms with Crippen molar-refractivity contribution in [3.05, 3.63) is 23.8 Å². The molecule has 17 heavy (non-hydrogen) atoms. The fraction of sp³-hybridized carbons (Fsp3) is 0.417. The predicted octanol–water partition coefficient (Wildman–Crippen LogP) is 3.40. The van der Waals surface area contributed by atoms with Crippen LogP contribution in [-0.2, 0) is 0 Å². The first-order chi connectivity index (χ1) is 8.24. The number of benzene rings is 1. The van der Waals surface area contributed by atoms with Crippen molar-refractivity contribution in [3.8, 4) is 0 Å². The Kier molecular flexibility index (Phi) is 6.29. The van der Waals surface area contributed by atoms with Gasteiger partial charge in [-0.2, -0.15) is 0 Å². The zero-order valence-electron chi connectivity index (χ0n) is 10.1. The van der Waals surface area contributed by atoms with Crippen molar-refractivity contribution in [1.29, 1.82) is 0 Å². The number of amidine groups is 1. The third-order valence-electron chi connectivity index (χ3n) is 2.33. The number of unbranched alkanes of at least 4 members (excludes halogenated alkanes) is 1. The third kappa shape index (κ3) is 3.85. The number of hydrogen-bond donors (Lipinski definition) is 2. The minimum Gasteiger partial charge on any atom is -0.409 e. The van der Waals surface area contributed by atoms with E-state index in [-0.39, 0.29) is 5.84 Å². The third-order valence-corrected chi connectivity index (χ3v) is 4.25. The first kappa shape index (κ1) is 14.3. The Hall–Kier alpha value is -0.810. The first-order valence-corrected chi connectivity index (χ1v) is 7.73. The molecule has 0 amide bonds. The Balaban J connectivity index is 3.02. The van der Waals surface area contributed by atoms with Crippen molar-refractivity contribution >= 4 is 29.4 Å². The van der Waals surface area contributed by atoms with Gasteiger partial charge < -0.3 is 10.9 Å². The molecule has 0 unspecified atom stereocenters. The summed E-state index contributed by atoms with van der Waals surface area (Å²) < 4.78 is 0. The molecule has 0 heterocycles. The molecule has 0 fully saturated rings. The van der Waals surface area contributed by atoms with Crippen LogP contribution in [0.25, 0.3) is 0 Å². The van der Waals surface area contributed by atoms with Gasteiger partial charge in [-0.05, 0) is 30.6 Å². The van der Waals surface area contributed by atoms with Gasteiger partial charge in [-0.25, -0.2) is 0 Å². The van der Waals surface area contributed by atoms with Gasteiger partial charge in [-0.1, -0.05) is 24.6 Å². The summed E-state index contributed by atoms with van der Waals surface area (Å²) >= 11 is 3.37. The van der Waals surface area contributed by atoms with Gasteiger partial charge in [0.2, 0.25) is 0 Å². The maximum atomic E-state index is 8.85. The maximum absolute atomic E-state index is 8.85. The van der Waals surface area contributed by atoms with Crippen LogP contribution in [0.4, 0.5) is 0 Å². The largest absolute Gasteiger partial charge is 0.409 e. The van der Waals surface area contributed by atoms with Crippen LogP contribution in [0.5, 0.6) is 0 Å². The molecule has 0 saturated carbocycles. The molecule has 0 aliphatic carbocycles. The average molecular weight is 270 g/mol. The van der Waals surface area contributed by atoms with E-state index in [0.29, 0.717) is 0 Å². The van der Waals surface area contributed by atoms with E-state index >= 15 is 0 Å². The van der Waals surface area contributed by atoms with Crippen LogP contribution in [0.2, 0.25) is 0 Å². The summed E-state index contributed by atoms with van der Waals surface area (Å²) in [6.07, 6.45) is 4.34. The van der Waals surface area contributed by atoms with Crippen molar-refractivity contribution < 1.29 is 5.21 Å². The van der Waals surface area contributed by atoms with E-state index in [0.717, 1.165) is 21.1 Å². The fourth-order valence-corrected chi connectivity index (χ4v) is 3.31. The van der Waals surface area contributed by atoms with E-state index in [1.165, 1.54) is 12.8 Å². The highest BCUT2D eigenvalue weighted by atomic mass is 32.2. The standard InChI is InChI=1S/C12H18N2OS2/c1-3-4-8-17-10-7-5-6-9(16-2)11(10)12(13)14-15/h5-7,15H,3-4,8H2,1-2H3,(H2,13,14). The summed E-state index contributed by atoms with van der Waals surface area (Å²) in [7, 11) is 0. The Bertz CT molecular complexity index is 394. The van der Waals surface area contributed by atoms with E-state index in [1.807, 2.05) is 24.5 Å². The van der Waals surface area contributed by atoms with Crippen molar-refractivity contribution in [2.75, 3.05) is 12.0 Å². The zero-order chi connectivity index (χ0) is 12.7. The van der Waals surface area contributed by atoms with Gasteiger partial charge in [0, 0.05) is 15.4 Å². The lowest BCUT2D eigenvalue weighted by Gasteiger charge is -2.11. The van der Waals surface area contributed by atoms with Crippen LogP contribution in [-0.4, -0.2) is 23.1 Å². The Morgan fingerprint density at radius 1 is 1.41 bits per heavy atom. The van der Waals surface area contributed by atoms with Crippen molar-refractivity contribution in [2.24, 2.45) is 10.9 Å². The van der Waals surface area contributed by atoms with Crippen LogP contribution in [0.1, 0.15) is 25.3 Å². The second-order valence-electron chi connectivity index (χ2n) is 3.52. The minimum atomic E-state index is 0.189. The lowest BCUT2D eigenvalue weighted by atomic mass is 10.2. The van der Waals surface area contributed by atoms with Gasteiger partial charge in [-0.15, -0.1) is 23.5 Å². The molecule has 3 nitrogen and oxygen atoms in total. The van der Waals surface area contributed by atoms with Crippen LogP contribution in [0, 0.1) is 0 Å². The summed E-state index contributed by atoms with van der Waals surface area (Å²) in [5.41, 5.74) is 6.60. The molecule has 3 N–H and O–H groups in total. The highest BCUT2D eigenvalue weighted by molar-refractivity contribution is 8.00. The van der Waals surface area contributed by atoms with Gasteiger partial charge in [0.1, 0.15) is 0 Å². The molecule has 0 saturated heterocycles. The molecular weight excluding hydrogens is 252 g/mol. The molecule has 94 valence electrons. The molecule has 0 bridgehead atoms. The van der Waals surface area contributed by atoms with E-state index in [2.05, 4.69) is 12.1 Å². The van der Waals surface area contributed by atoms with Gasteiger partial charge in [0.15, 0.2) is 5.84 Å².